The van der Waals surface area contributed by atoms with Crippen molar-refractivity contribution in [2.45, 2.75) is 44.6 Å². The number of rotatable bonds is 4. The van der Waals surface area contributed by atoms with Crippen LogP contribution in [0.2, 0.25) is 0 Å². The molecule has 1 saturated carbocycles. The maximum atomic E-state index is 13.1. The van der Waals surface area contributed by atoms with Crippen molar-refractivity contribution in [1.82, 2.24) is 10.3 Å². The lowest BCUT2D eigenvalue weighted by Gasteiger charge is -2.18. The minimum atomic E-state index is -2.44. The Morgan fingerprint density at radius 1 is 1.65 bits per heavy atom. The Morgan fingerprint density at radius 3 is 2.88 bits per heavy atom. The standard InChI is InChI=1S/C12H18F2N2S/c1-8-16-11(7-17-8)10(15-2)5-9-3-4-12(13,14)6-9/h7,9-10,15H,3-6H2,1-2H3. The molecular weight excluding hydrogens is 242 g/mol. The van der Waals surface area contributed by atoms with Crippen molar-refractivity contribution in [2.24, 2.45) is 5.92 Å². The van der Waals surface area contributed by atoms with Crippen LogP contribution in [0.4, 0.5) is 8.78 Å². The van der Waals surface area contributed by atoms with E-state index in [0.717, 1.165) is 17.1 Å². The lowest BCUT2D eigenvalue weighted by molar-refractivity contribution is 0.00431. The molecule has 17 heavy (non-hydrogen) atoms. The molecule has 0 saturated heterocycles. The summed E-state index contributed by atoms with van der Waals surface area (Å²) in [6, 6.07) is 0.110. The number of hydrogen-bond donors (Lipinski definition) is 1. The summed E-state index contributed by atoms with van der Waals surface area (Å²) in [5, 5.41) is 6.23. The Morgan fingerprint density at radius 2 is 2.41 bits per heavy atom. The van der Waals surface area contributed by atoms with Gasteiger partial charge in [0.25, 0.3) is 0 Å². The van der Waals surface area contributed by atoms with Crippen LogP contribution in [0, 0.1) is 12.8 Å². The van der Waals surface area contributed by atoms with E-state index in [0.29, 0.717) is 6.42 Å². The minimum absolute atomic E-state index is 0.0360. The molecule has 2 rings (SSSR count). The van der Waals surface area contributed by atoms with Gasteiger partial charge in [0.05, 0.1) is 16.7 Å². The topological polar surface area (TPSA) is 24.9 Å². The predicted octanol–water partition coefficient (Wildman–Crippen LogP) is 3.54. The Kier molecular flexibility index (Phi) is 3.78. The number of nitrogens with one attached hydrogen (secondary N) is 1. The summed E-state index contributed by atoms with van der Waals surface area (Å²) in [6.45, 7) is 1.96. The monoisotopic (exact) mass is 260 g/mol. The molecule has 0 amide bonds. The second-order valence-corrected chi connectivity index (χ2v) is 5.90. The molecule has 96 valence electrons. The number of nitrogens with zero attached hydrogens (tertiary/aromatic N) is 1. The van der Waals surface area contributed by atoms with E-state index in [1.165, 1.54) is 0 Å². The van der Waals surface area contributed by atoms with Crippen LogP contribution in [0.25, 0.3) is 0 Å². The lowest BCUT2D eigenvalue weighted by Crippen LogP contribution is -2.20. The van der Waals surface area contributed by atoms with E-state index in [1.807, 2.05) is 19.4 Å². The van der Waals surface area contributed by atoms with Gasteiger partial charge in [-0.2, -0.15) is 0 Å². The highest BCUT2D eigenvalue weighted by Crippen LogP contribution is 2.42. The van der Waals surface area contributed by atoms with Gasteiger partial charge in [0, 0.05) is 18.2 Å². The Hall–Kier alpha value is -0.550. The van der Waals surface area contributed by atoms with Gasteiger partial charge in [-0.15, -0.1) is 11.3 Å². The Labute approximate surface area is 104 Å². The van der Waals surface area contributed by atoms with Gasteiger partial charge in [0.2, 0.25) is 5.92 Å². The van der Waals surface area contributed by atoms with Gasteiger partial charge in [-0.3, -0.25) is 0 Å². The van der Waals surface area contributed by atoms with Gasteiger partial charge in [-0.05, 0) is 32.7 Å². The molecule has 1 aromatic rings. The van der Waals surface area contributed by atoms with Crippen molar-refractivity contribution in [3.8, 4) is 0 Å². The van der Waals surface area contributed by atoms with E-state index < -0.39 is 5.92 Å². The van der Waals surface area contributed by atoms with Crippen LogP contribution in [-0.4, -0.2) is 18.0 Å². The summed E-state index contributed by atoms with van der Waals surface area (Å²) < 4.78 is 26.2. The van der Waals surface area contributed by atoms with Crippen LogP contribution >= 0.6 is 11.3 Å². The van der Waals surface area contributed by atoms with Gasteiger partial charge in [-0.25, -0.2) is 13.8 Å². The molecule has 2 atom stereocenters. The summed E-state index contributed by atoms with van der Waals surface area (Å²) in [7, 11) is 1.87. The SMILES string of the molecule is CNC(CC1CCC(F)(F)C1)c1csc(C)n1. The molecule has 1 N–H and O–H groups in total. The number of aryl methyl sites for hydroxylation is 1. The van der Waals surface area contributed by atoms with Gasteiger partial charge in [0.15, 0.2) is 0 Å². The van der Waals surface area contributed by atoms with E-state index in [9.17, 15) is 8.78 Å². The van der Waals surface area contributed by atoms with Gasteiger partial charge in [-0.1, -0.05) is 0 Å². The van der Waals surface area contributed by atoms with Crippen LogP contribution in [0.15, 0.2) is 5.38 Å². The third kappa shape index (κ3) is 3.22. The Balaban J connectivity index is 1.97. The maximum Gasteiger partial charge on any atom is 0.248 e. The zero-order valence-electron chi connectivity index (χ0n) is 10.2. The molecule has 1 aromatic heterocycles. The van der Waals surface area contributed by atoms with E-state index in [1.54, 1.807) is 11.3 Å². The van der Waals surface area contributed by atoms with E-state index in [4.69, 9.17) is 0 Å². The molecule has 5 heteroatoms. The summed E-state index contributed by atoms with van der Waals surface area (Å²) in [5.41, 5.74) is 0.991. The maximum absolute atomic E-state index is 13.1. The summed E-state index contributed by atoms with van der Waals surface area (Å²) in [4.78, 5) is 4.43. The van der Waals surface area contributed by atoms with Crippen LogP contribution in [0.1, 0.15) is 42.4 Å². The molecule has 1 fully saturated rings. The molecule has 0 radical (unpaired) electrons. The quantitative estimate of drug-likeness (QED) is 0.895. The molecule has 2 nitrogen and oxygen atoms in total. The molecule has 1 aliphatic rings. The van der Waals surface area contributed by atoms with Gasteiger partial charge in [0.1, 0.15) is 0 Å². The summed E-state index contributed by atoms with van der Waals surface area (Å²) >= 11 is 1.61. The van der Waals surface area contributed by atoms with Crippen molar-refractivity contribution < 1.29 is 8.78 Å². The average Bonchev–Trinajstić information content (AvgIpc) is 2.81. The van der Waals surface area contributed by atoms with E-state index in [2.05, 4.69) is 10.3 Å². The molecule has 0 bridgehead atoms. The van der Waals surface area contributed by atoms with Crippen molar-refractivity contribution >= 4 is 11.3 Å². The highest BCUT2D eigenvalue weighted by atomic mass is 32.1. The van der Waals surface area contributed by atoms with Crippen molar-refractivity contribution in [3.05, 3.63) is 16.1 Å². The third-order valence-corrected chi connectivity index (χ3v) is 4.21. The molecule has 1 heterocycles. The predicted molar refractivity (Wildman–Crippen MR) is 65.6 cm³/mol. The number of hydrogen-bond acceptors (Lipinski definition) is 3. The number of aromatic nitrogens is 1. The fourth-order valence-electron chi connectivity index (χ4n) is 2.50. The van der Waals surface area contributed by atoms with Crippen LogP contribution in [-0.2, 0) is 0 Å². The van der Waals surface area contributed by atoms with Crippen LogP contribution in [0.3, 0.4) is 0 Å². The number of halogens is 2. The number of alkyl halides is 2. The molecule has 2 unspecified atom stereocenters. The van der Waals surface area contributed by atoms with Crippen LogP contribution in [0.5, 0.6) is 0 Å². The number of thiazole rings is 1. The summed E-state index contributed by atoms with van der Waals surface area (Å²) in [5.74, 6) is -2.33. The van der Waals surface area contributed by atoms with E-state index >= 15 is 0 Å². The molecule has 0 spiro atoms. The molecular formula is C12H18F2N2S. The largest absolute Gasteiger partial charge is 0.312 e. The highest BCUT2D eigenvalue weighted by Gasteiger charge is 2.40. The first-order valence-corrected chi connectivity index (χ1v) is 6.85. The lowest BCUT2D eigenvalue weighted by atomic mass is 9.97. The molecule has 1 aliphatic carbocycles. The Bertz CT molecular complexity index is 378. The fraction of sp³-hybridized carbons (Fsp3) is 0.750. The van der Waals surface area contributed by atoms with Gasteiger partial charge >= 0.3 is 0 Å². The van der Waals surface area contributed by atoms with Gasteiger partial charge < -0.3 is 5.32 Å². The smallest absolute Gasteiger partial charge is 0.248 e. The van der Waals surface area contributed by atoms with Crippen molar-refractivity contribution in [2.75, 3.05) is 7.05 Å². The normalized spacial score (nSPS) is 25.1. The molecule has 0 aliphatic heterocycles. The van der Waals surface area contributed by atoms with Crippen molar-refractivity contribution in [1.29, 1.82) is 0 Å². The fourth-order valence-corrected chi connectivity index (χ4v) is 3.17. The first-order chi connectivity index (χ1) is 8.00. The molecule has 0 aromatic carbocycles. The average molecular weight is 260 g/mol. The second kappa shape index (κ2) is 4.98. The first kappa shape index (κ1) is 12.9. The van der Waals surface area contributed by atoms with Crippen LogP contribution < -0.4 is 5.32 Å². The zero-order chi connectivity index (χ0) is 12.5. The minimum Gasteiger partial charge on any atom is -0.312 e. The van der Waals surface area contributed by atoms with E-state index in [-0.39, 0.29) is 24.8 Å². The first-order valence-electron chi connectivity index (χ1n) is 5.97. The zero-order valence-corrected chi connectivity index (χ0v) is 11.0. The summed E-state index contributed by atoms with van der Waals surface area (Å²) in [6.07, 6.45) is 1.47. The third-order valence-electron chi connectivity index (χ3n) is 3.42. The second-order valence-electron chi connectivity index (χ2n) is 4.83. The highest BCUT2D eigenvalue weighted by molar-refractivity contribution is 7.09. The van der Waals surface area contributed by atoms with Crippen molar-refractivity contribution in [3.63, 3.8) is 0 Å².